The summed E-state index contributed by atoms with van der Waals surface area (Å²) in [6.45, 7) is 6.07. The van der Waals surface area contributed by atoms with E-state index in [2.05, 4.69) is 0 Å². The van der Waals surface area contributed by atoms with Crippen LogP contribution in [0.5, 0.6) is 0 Å². The van der Waals surface area contributed by atoms with E-state index in [0.29, 0.717) is 6.54 Å². The van der Waals surface area contributed by atoms with E-state index in [1.165, 1.54) is 0 Å². The van der Waals surface area contributed by atoms with Gasteiger partial charge in [-0.1, -0.05) is 13.8 Å². The summed E-state index contributed by atoms with van der Waals surface area (Å²) >= 11 is 0. The van der Waals surface area contributed by atoms with Gasteiger partial charge < -0.3 is 10.6 Å². The minimum absolute atomic E-state index is 0.00546. The predicted octanol–water partition coefficient (Wildman–Crippen LogP) is 2.24. The first-order chi connectivity index (χ1) is 6.86. The maximum Gasteiger partial charge on any atom is 0.394 e. The Morgan fingerprint density at radius 1 is 1.27 bits per heavy atom. The number of alkyl halides is 3. The monoisotopic (exact) mass is 226 g/mol. The van der Waals surface area contributed by atoms with Crippen LogP contribution in [0.2, 0.25) is 0 Å². The Kier molecular flexibility index (Phi) is 6.20. The average Bonchev–Trinajstić information content (AvgIpc) is 2.16. The molecule has 2 atom stereocenters. The number of nitrogens with zero attached hydrogens (tertiary/aromatic N) is 1. The molecule has 15 heavy (non-hydrogen) atoms. The normalized spacial score (nSPS) is 16.8. The van der Waals surface area contributed by atoms with E-state index in [1.807, 2.05) is 25.7 Å². The molecule has 0 bridgehead atoms. The van der Waals surface area contributed by atoms with Crippen LogP contribution >= 0.6 is 0 Å². The molecule has 0 rings (SSSR count). The summed E-state index contributed by atoms with van der Waals surface area (Å²) in [5, 5.41) is 0. The zero-order valence-electron chi connectivity index (χ0n) is 9.64. The number of hydrogen-bond donors (Lipinski definition) is 1. The molecule has 0 saturated carbocycles. The van der Waals surface area contributed by atoms with Gasteiger partial charge >= 0.3 is 6.18 Å². The van der Waals surface area contributed by atoms with Crippen molar-refractivity contribution >= 4 is 0 Å². The number of nitrogens with two attached hydrogens (primary N) is 1. The Labute approximate surface area is 89.6 Å². The highest BCUT2D eigenvalue weighted by Crippen LogP contribution is 2.26. The molecular weight excluding hydrogens is 205 g/mol. The van der Waals surface area contributed by atoms with Crippen molar-refractivity contribution in [3.63, 3.8) is 0 Å². The quantitative estimate of drug-likeness (QED) is 0.752. The van der Waals surface area contributed by atoms with E-state index in [4.69, 9.17) is 5.73 Å². The molecule has 0 aromatic rings. The molecule has 0 spiro atoms. The Bertz CT molecular complexity index is 171. The fourth-order valence-electron chi connectivity index (χ4n) is 1.47. The van der Waals surface area contributed by atoms with Crippen LogP contribution in [0.1, 0.15) is 27.2 Å². The van der Waals surface area contributed by atoms with Gasteiger partial charge in [0.2, 0.25) is 0 Å². The second kappa shape index (κ2) is 6.33. The molecule has 92 valence electrons. The van der Waals surface area contributed by atoms with Crippen LogP contribution in [-0.4, -0.2) is 36.8 Å². The third-order valence-corrected chi connectivity index (χ3v) is 2.82. The van der Waals surface area contributed by atoms with Crippen molar-refractivity contribution in [3.8, 4) is 0 Å². The fraction of sp³-hybridized carbons (Fsp3) is 1.00. The van der Waals surface area contributed by atoms with Gasteiger partial charge in [0.25, 0.3) is 0 Å². The largest absolute Gasteiger partial charge is 0.394 e. The Morgan fingerprint density at radius 2 is 1.80 bits per heavy atom. The fourth-order valence-corrected chi connectivity index (χ4v) is 1.47. The summed E-state index contributed by atoms with van der Waals surface area (Å²) in [7, 11) is 0. The van der Waals surface area contributed by atoms with Crippen molar-refractivity contribution < 1.29 is 13.2 Å². The van der Waals surface area contributed by atoms with Gasteiger partial charge in [-0.15, -0.1) is 0 Å². The first kappa shape index (κ1) is 14.7. The Balaban J connectivity index is 4.37. The van der Waals surface area contributed by atoms with Crippen LogP contribution in [0, 0.1) is 5.92 Å². The zero-order chi connectivity index (χ0) is 12.1. The number of halogens is 3. The SMILES string of the molecule is CCC(C)N(CC)CC(CN)C(F)(F)F. The van der Waals surface area contributed by atoms with Gasteiger partial charge in [-0.05, 0) is 19.9 Å². The van der Waals surface area contributed by atoms with Crippen molar-refractivity contribution in [1.82, 2.24) is 4.90 Å². The molecule has 2 nitrogen and oxygen atoms in total. The summed E-state index contributed by atoms with van der Waals surface area (Å²) < 4.78 is 37.4. The summed E-state index contributed by atoms with van der Waals surface area (Å²) in [6, 6.07) is 0.173. The molecule has 0 radical (unpaired) electrons. The molecule has 0 saturated heterocycles. The Morgan fingerprint density at radius 3 is 2.07 bits per heavy atom. The number of rotatable bonds is 6. The van der Waals surface area contributed by atoms with Crippen LogP contribution in [0.3, 0.4) is 0 Å². The van der Waals surface area contributed by atoms with Gasteiger partial charge in [-0.3, -0.25) is 0 Å². The van der Waals surface area contributed by atoms with E-state index in [-0.39, 0.29) is 19.1 Å². The van der Waals surface area contributed by atoms with Gasteiger partial charge in [-0.2, -0.15) is 13.2 Å². The second-order valence-electron chi connectivity index (χ2n) is 3.82. The van der Waals surface area contributed by atoms with E-state index in [1.54, 1.807) is 0 Å². The minimum atomic E-state index is -4.18. The lowest BCUT2D eigenvalue weighted by atomic mass is 10.1. The highest BCUT2D eigenvalue weighted by molar-refractivity contribution is 4.75. The average molecular weight is 226 g/mol. The van der Waals surface area contributed by atoms with E-state index >= 15 is 0 Å². The van der Waals surface area contributed by atoms with Crippen LogP contribution in [0.25, 0.3) is 0 Å². The molecule has 0 aliphatic rings. The highest BCUT2D eigenvalue weighted by Gasteiger charge is 2.39. The molecule has 2 N–H and O–H groups in total. The third-order valence-electron chi connectivity index (χ3n) is 2.82. The van der Waals surface area contributed by atoms with E-state index in [0.717, 1.165) is 6.42 Å². The van der Waals surface area contributed by atoms with Crippen molar-refractivity contribution in [3.05, 3.63) is 0 Å². The molecular formula is C10H21F3N2. The lowest BCUT2D eigenvalue weighted by molar-refractivity contribution is -0.177. The van der Waals surface area contributed by atoms with Gasteiger partial charge in [0.05, 0.1) is 5.92 Å². The summed E-state index contributed by atoms with van der Waals surface area (Å²) in [4.78, 5) is 1.82. The third kappa shape index (κ3) is 4.84. The topological polar surface area (TPSA) is 29.3 Å². The zero-order valence-corrected chi connectivity index (χ0v) is 9.64. The van der Waals surface area contributed by atoms with E-state index in [9.17, 15) is 13.2 Å². The van der Waals surface area contributed by atoms with Gasteiger partial charge in [0.1, 0.15) is 0 Å². The molecule has 5 heteroatoms. The van der Waals surface area contributed by atoms with Crippen LogP contribution in [0.4, 0.5) is 13.2 Å². The standard InChI is InChI=1S/C10H21F3N2/c1-4-8(3)15(5-2)7-9(6-14)10(11,12)13/h8-9H,4-7,14H2,1-3H3. The minimum Gasteiger partial charge on any atom is -0.330 e. The lowest BCUT2D eigenvalue weighted by Crippen LogP contribution is -2.44. The Hall–Kier alpha value is -0.290. The van der Waals surface area contributed by atoms with Crippen molar-refractivity contribution in [2.24, 2.45) is 11.7 Å². The summed E-state index contributed by atoms with van der Waals surface area (Å²) in [5.41, 5.74) is 5.16. The molecule has 0 aromatic carbocycles. The molecule has 0 heterocycles. The molecule has 0 aromatic heterocycles. The predicted molar refractivity (Wildman–Crippen MR) is 55.6 cm³/mol. The van der Waals surface area contributed by atoms with Gasteiger partial charge in [0, 0.05) is 19.1 Å². The molecule has 0 aliphatic heterocycles. The summed E-state index contributed by atoms with van der Waals surface area (Å²) in [5.74, 6) is -1.41. The van der Waals surface area contributed by atoms with Crippen LogP contribution in [0.15, 0.2) is 0 Å². The van der Waals surface area contributed by atoms with E-state index < -0.39 is 12.1 Å². The lowest BCUT2D eigenvalue weighted by Gasteiger charge is -2.31. The van der Waals surface area contributed by atoms with Gasteiger partial charge in [-0.25, -0.2) is 0 Å². The molecule has 2 unspecified atom stereocenters. The van der Waals surface area contributed by atoms with Crippen LogP contribution in [-0.2, 0) is 0 Å². The highest BCUT2D eigenvalue weighted by atomic mass is 19.4. The van der Waals surface area contributed by atoms with Gasteiger partial charge in [0.15, 0.2) is 0 Å². The number of hydrogen-bond acceptors (Lipinski definition) is 2. The molecule has 0 aliphatic carbocycles. The summed E-state index contributed by atoms with van der Waals surface area (Å²) in [6.07, 6.45) is -3.33. The second-order valence-corrected chi connectivity index (χ2v) is 3.82. The smallest absolute Gasteiger partial charge is 0.330 e. The first-order valence-electron chi connectivity index (χ1n) is 5.37. The molecule has 0 fully saturated rings. The van der Waals surface area contributed by atoms with Crippen LogP contribution < -0.4 is 5.73 Å². The van der Waals surface area contributed by atoms with Crippen molar-refractivity contribution in [2.45, 2.75) is 39.4 Å². The first-order valence-corrected chi connectivity index (χ1v) is 5.37. The maximum absolute atomic E-state index is 12.5. The van der Waals surface area contributed by atoms with Crippen molar-refractivity contribution in [1.29, 1.82) is 0 Å². The molecule has 0 amide bonds. The van der Waals surface area contributed by atoms with Crippen molar-refractivity contribution in [2.75, 3.05) is 19.6 Å². The maximum atomic E-state index is 12.5.